The van der Waals surface area contributed by atoms with Crippen LogP contribution < -0.4 is 5.32 Å². The predicted octanol–water partition coefficient (Wildman–Crippen LogP) is 2.84. The lowest BCUT2D eigenvalue weighted by atomic mass is 9.53. The zero-order valence-electron chi connectivity index (χ0n) is 11.7. The molecule has 1 N–H and O–H groups in total. The van der Waals surface area contributed by atoms with Gasteiger partial charge in [-0.3, -0.25) is 0 Å². The lowest BCUT2D eigenvalue weighted by Gasteiger charge is -2.57. The lowest BCUT2D eigenvalue weighted by molar-refractivity contribution is -0.0207. The number of nitrogens with zero attached hydrogens (tertiary/aromatic N) is 2. The molecule has 0 amide bonds. The topological polar surface area (TPSA) is 37.8 Å². The number of aromatic nitrogens is 2. The third kappa shape index (κ3) is 2.18. The number of hydrogen-bond donors (Lipinski definition) is 1. The van der Waals surface area contributed by atoms with Gasteiger partial charge in [0, 0.05) is 18.3 Å². The Kier molecular flexibility index (Phi) is 2.66. The molecule has 4 fully saturated rings. The van der Waals surface area contributed by atoms with Gasteiger partial charge in [0.1, 0.15) is 5.82 Å². The van der Waals surface area contributed by atoms with E-state index in [4.69, 9.17) is 0 Å². The van der Waals surface area contributed by atoms with E-state index >= 15 is 0 Å². The summed E-state index contributed by atoms with van der Waals surface area (Å²) in [5.74, 6) is 3.90. The molecule has 5 rings (SSSR count). The van der Waals surface area contributed by atoms with E-state index in [1.807, 2.05) is 19.2 Å². The summed E-state index contributed by atoms with van der Waals surface area (Å²) in [7, 11) is 0. The van der Waals surface area contributed by atoms with Crippen molar-refractivity contribution in [3.63, 3.8) is 0 Å². The van der Waals surface area contributed by atoms with Crippen LogP contribution in [0, 0.1) is 24.7 Å². The zero-order chi connectivity index (χ0) is 12.9. The van der Waals surface area contributed by atoms with E-state index < -0.39 is 0 Å². The first-order valence-corrected chi connectivity index (χ1v) is 7.74. The summed E-state index contributed by atoms with van der Waals surface area (Å²) in [6.45, 7) is 2.88. The van der Waals surface area contributed by atoms with Crippen LogP contribution >= 0.6 is 0 Å². The monoisotopic (exact) mass is 257 g/mol. The van der Waals surface area contributed by atoms with E-state index in [0.29, 0.717) is 5.54 Å². The molecule has 4 saturated carbocycles. The van der Waals surface area contributed by atoms with Crippen LogP contribution in [-0.4, -0.2) is 15.5 Å². The molecule has 19 heavy (non-hydrogen) atoms. The minimum Gasteiger partial charge on any atom is -0.306 e. The number of nitrogens with one attached hydrogen (secondary N) is 1. The molecule has 1 aromatic heterocycles. The maximum Gasteiger partial charge on any atom is 0.125 e. The van der Waals surface area contributed by atoms with Gasteiger partial charge < -0.3 is 5.32 Å². The van der Waals surface area contributed by atoms with Crippen LogP contribution in [0.4, 0.5) is 0 Å². The van der Waals surface area contributed by atoms with E-state index in [-0.39, 0.29) is 0 Å². The number of hydrogen-bond acceptors (Lipinski definition) is 3. The first kappa shape index (κ1) is 11.8. The van der Waals surface area contributed by atoms with E-state index in [1.165, 1.54) is 38.5 Å². The smallest absolute Gasteiger partial charge is 0.125 e. The highest BCUT2D eigenvalue weighted by atomic mass is 15.0. The Bertz CT molecular complexity index is 447. The Morgan fingerprint density at radius 2 is 1.79 bits per heavy atom. The van der Waals surface area contributed by atoms with E-state index in [9.17, 15) is 0 Å². The molecule has 3 heteroatoms. The molecule has 0 atom stereocenters. The first-order valence-electron chi connectivity index (χ1n) is 7.74. The van der Waals surface area contributed by atoms with Gasteiger partial charge in [-0.2, -0.15) is 0 Å². The van der Waals surface area contributed by atoms with Crippen molar-refractivity contribution in [2.75, 3.05) is 0 Å². The average molecular weight is 257 g/mol. The van der Waals surface area contributed by atoms with Crippen LogP contribution in [0.5, 0.6) is 0 Å². The standard InChI is InChI=1S/C16H23N3/c1-11-17-3-2-15(19-11)10-18-16-7-12-4-13(8-16)6-14(5-12)9-16/h2-3,12-14,18H,4-10H2,1H3. The summed E-state index contributed by atoms with van der Waals surface area (Å²) in [5.41, 5.74) is 1.58. The fourth-order valence-electron chi connectivity index (χ4n) is 5.21. The summed E-state index contributed by atoms with van der Waals surface area (Å²) >= 11 is 0. The lowest BCUT2D eigenvalue weighted by Crippen LogP contribution is -2.58. The molecule has 1 aromatic rings. The van der Waals surface area contributed by atoms with Crippen LogP contribution in [0.2, 0.25) is 0 Å². The van der Waals surface area contributed by atoms with Crippen molar-refractivity contribution in [2.45, 2.75) is 57.5 Å². The number of rotatable bonds is 3. The summed E-state index contributed by atoms with van der Waals surface area (Å²) in [4.78, 5) is 8.69. The molecular weight excluding hydrogens is 234 g/mol. The minimum atomic E-state index is 0.438. The average Bonchev–Trinajstić information content (AvgIpc) is 2.35. The second-order valence-electron chi connectivity index (χ2n) is 7.15. The van der Waals surface area contributed by atoms with Crippen molar-refractivity contribution >= 4 is 0 Å². The molecule has 102 valence electrons. The van der Waals surface area contributed by atoms with Gasteiger partial charge in [0.25, 0.3) is 0 Å². The molecule has 4 bridgehead atoms. The molecule has 1 heterocycles. The molecular formula is C16H23N3. The largest absolute Gasteiger partial charge is 0.306 e. The fraction of sp³-hybridized carbons (Fsp3) is 0.750. The first-order chi connectivity index (χ1) is 9.21. The second-order valence-corrected chi connectivity index (χ2v) is 7.15. The van der Waals surface area contributed by atoms with Gasteiger partial charge >= 0.3 is 0 Å². The normalized spacial score (nSPS) is 39.7. The molecule has 0 radical (unpaired) electrons. The van der Waals surface area contributed by atoms with Crippen molar-refractivity contribution in [3.8, 4) is 0 Å². The number of aryl methyl sites for hydroxylation is 1. The Hall–Kier alpha value is -0.960. The maximum absolute atomic E-state index is 4.52. The zero-order valence-corrected chi connectivity index (χ0v) is 11.7. The van der Waals surface area contributed by atoms with E-state index in [1.54, 1.807) is 0 Å². The van der Waals surface area contributed by atoms with Crippen LogP contribution in [-0.2, 0) is 6.54 Å². The second kappa shape index (κ2) is 4.27. The van der Waals surface area contributed by atoms with E-state index in [2.05, 4.69) is 15.3 Å². The fourth-order valence-corrected chi connectivity index (χ4v) is 5.21. The quantitative estimate of drug-likeness (QED) is 0.905. The highest BCUT2D eigenvalue weighted by Crippen LogP contribution is 2.55. The molecule has 0 aliphatic heterocycles. The third-order valence-corrected chi connectivity index (χ3v) is 5.52. The van der Waals surface area contributed by atoms with Crippen molar-refractivity contribution in [1.29, 1.82) is 0 Å². The van der Waals surface area contributed by atoms with Gasteiger partial charge in [0.15, 0.2) is 0 Å². The minimum absolute atomic E-state index is 0.438. The summed E-state index contributed by atoms with van der Waals surface area (Å²) < 4.78 is 0. The predicted molar refractivity (Wildman–Crippen MR) is 74.5 cm³/mol. The molecule has 3 nitrogen and oxygen atoms in total. The van der Waals surface area contributed by atoms with Crippen molar-refractivity contribution in [2.24, 2.45) is 17.8 Å². The van der Waals surface area contributed by atoms with E-state index in [0.717, 1.165) is 35.8 Å². The van der Waals surface area contributed by atoms with Gasteiger partial charge in [0.2, 0.25) is 0 Å². The Morgan fingerprint density at radius 1 is 1.16 bits per heavy atom. The molecule has 0 unspecified atom stereocenters. The van der Waals surface area contributed by atoms with Crippen molar-refractivity contribution < 1.29 is 0 Å². The highest BCUT2D eigenvalue weighted by molar-refractivity contribution is 5.08. The Balaban J connectivity index is 1.48. The third-order valence-electron chi connectivity index (χ3n) is 5.52. The van der Waals surface area contributed by atoms with Gasteiger partial charge in [-0.05, 0) is 69.3 Å². The van der Waals surface area contributed by atoms with Crippen LogP contribution in [0.3, 0.4) is 0 Å². The maximum atomic E-state index is 4.52. The van der Waals surface area contributed by atoms with Gasteiger partial charge in [-0.25, -0.2) is 9.97 Å². The van der Waals surface area contributed by atoms with Crippen LogP contribution in [0.25, 0.3) is 0 Å². The van der Waals surface area contributed by atoms with Crippen molar-refractivity contribution in [3.05, 3.63) is 23.8 Å². The summed E-state index contributed by atoms with van der Waals surface area (Å²) in [6.07, 6.45) is 10.6. The van der Waals surface area contributed by atoms with Crippen LogP contribution in [0.15, 0.2) is 12.3 Å². The van der Waals surface area contributed by atoms with Crippen molar-refractivity contribution in [1.82, 2.24) is 15.3 Å². The van der Waals surface area contributed by atoms with Gasteiger partial charge in [-0.1, -0.05) is 0 Å². The molecule has 0 spiro atoms. The highest BCUT2D eigenvalue weighted by Gasteiger charge is 2.50. The SMILES string of the molecule is Cc1nccc(CNC23CC4CC(CC(C4)C2)C3)n1. The summed E-state index contributed by atoms with van der Waals surface area (Å²) in [5, 5.41) is 3.88. The van der Waals surface area contributed by atoms with Gasteiger partial charge in [0.05, 0.1) is 5.69 Å². The molecule has 0 saturated heterocycles. The molecule has 4 aliphatic carbocycles. The Labute approximate surface area is 115 Å². The van der Waals surface area contributed by atoms with Gasteiger partial charge in [-0.15, -0.1) is 0 Å². The molecule has 4 aliphatic rings. The van der Waals surface area contributed by atoms with Crippen LogP contribution in [0.1, 0.15) is 50.0 Å². The molecule has 0 aromatic carbocycles. The summed E-state index contributed by atoms with van der Waals surface area (Å²) in [6, 6.07) is 2.04. The Morgan fingerprint density at radius 3 is 2.37 bits per heavy atom.